The molecule has 0 atom stereocenters. The van der Waals surface area contributed by atoms with Crippen molar-refractivity contribution < 1.29 is 4.79 Å². The van der Waals surface area contributed by atoms with Crippen molar-refractivity contribution in [2.24, 2.45) is 0 Å². The fraction of sp³-hybridized carbons (Fsp3) is 0.333. The van der Waals surface area contributed by atoms with Gasteiger partial charge in [-0.15, -0.1) is 0 Å². The standard InChI is InChI=1S/C15H19N3OS/c1-10(2)18(4)15(19)16-14-9-13(17-20-14)12-7-5-6-11(3)8-12/h5-10H,1-4H3,(H,16,19). The Labute approximate surface area is 123 Å². The molecule has 4 nitrogen and oxygen atoms in total. The van der Waals surface area contributed by atoms with E-state index < -0.39 is 0 Å². The molecule has 0 aliphatic rings. The number of nitrogens with zero attached hydrogens (tertiary/aromatic N) is 2. The molecule has 1 aromatic carbocycles. The van der Waals surface area contributed by atoms with Crippen LogP contribution in [-0.4, -0.2) is 28.4 Å². The summed E-state index contributed by atoms with van der Waals surface area (Å²) in [5.41, 5.74) is 3.15. The molecule has 0 radical (unpaired) electrons. The number of urea groups is 1. The third kappa shape index (κ3) is 3.36. The summed E-state index contributed by atoms with van der Waals surface area (Å²) in [7, 11) is 1.78. The van der Waals surface area contributed by atoms with E-state index in [1.807, 2.05) is 32.0 Å². The summed E-state index contributed by atoms with van der Waals surface area (Å²) in [6.45, 7) is 6.00. The summed E-state index contributed by atoms with van der Waals surface area (Å²) in [6.07, 6.45) is 0. The fourth-order valence-electron chi connectivity index (χ4n) is 1.70. The van der Waals surface area contributed by atoms with Crippen molar-refractivity contribution in [2.75, 3.05) is 12.4 Å². The van der Waals surface area contributed by atoms with Crippen LogP contribution < -0.4 is 5.32 Å². The summed E-state index contributed by atoms with van der Waals surface area (Å²) < 4.78 is 4.39. The quantitative estimate of drug-likeness (QED) is 0.928. The van der Waals surface area contributed by atoms with Crippen LogP contribution in [0.1, 0.15) is 19.4 Å². The maximum Gasteiger partial charge on any atom is 0.322 e. The Morgan fingerprint density at radius 3 is 2.75 bits per heavy atom. The average molecular weight is 289 g/mol. The van der Waals surface area contributed by atoms with Gasteiger partial charge in [-0.05, 0) is 38.4 Å². The molecule has 0 aliphatic carbocycles. The minimum Gasteiger partial charge on any atom is -0.325 e. The lowest BCUT2D eigenvalue weighted by molar-refractivity contribution is 0.211. The molecule has 106 valence electrons. The monoisotopic (exact) mass is 289 g/mol. The van der Waals surface area contributed by atoms with E-state index in [2.05, 4.69) is 28.7 Å². The van der Waals surface area contributed by atoms with Crippen LogP contribution in [0.3, 0.4) is 0 Å². The lowest BCUT2D eigenvalue weighted by atomic mass is 10.1. The summed E-state index contributed by atoms with van der Waals surface area (Å²) >= 11 is 1.30. The molecule has 0 fully saturated rings. The summed E-state index contributed by atoms with van der Waals surface area (Å²) in [5.74, 6) is 0. The van der Waals surface area contributed by atoms with E-state index >= 15 is 0 Å². The number of aromatic nitrogens is 1. The van der Waals surface area contributed by atoms with Crippen molar-refractivity contribution >= 4 is 22.6 Å². The van der Waals surface area contributed by atoms with Crippen molar-refractivity contribution in [1.29, 1.82) is 0 Å². The summed E-state index contributed by atoms with van der Waals surface area (Å²) in [4.78, 5) is 13.6. The minimum atomic E-state index is -0.112. The first kappa shape index (κ1) is 14.5. The van der Waals surface area contributed by atoms with Gasteiger partial charge in [0.2, 0.25) is 0 Å². The maximum absolute atomic E-state index is 11.9. The van der Waals surface area contributed by atoms with Gasteiger partial charge in [-0.2, -0.15) is 4.37 Å². The largest absolute Gasteiger partial charge is 0.325 e. The number of hydrogen-bond acceptors (Lipinski definition) is 3. The van der Waals surface area contributed by atoms with E-state index in [0.717, 1.165) is 16.3 Å². The zero-order valence-electron chi connectivity index (χ0n) is 12.2. The topological polar surface area (TPSA) is 45.2 Å². The molecule has 0 bridgehead atoms. The number of hydrogen-bond donors (Lipinski definition) is 1. The van der Waals surface area contributed by atoms with Gasteiger partial charge in [0.15, 0.2) is 0 Å². The lowest BCUT2D eigenvalue weighted by Gasteiger charge is -2.21. The predicted octanol–water partition coefficient (Wildman–Crippen LogP) is 3.99. The predicted molar refractivity (Wildman–Crippen MR) is 84.2 cm³/mol. The van der Waals surface area contributed by atoms with Crippen LogP contribution in [0, 0.1) is 6.92 Å². The van der Waals surface area contributed by atoms with Crippen LogP contribution in [0.25, 0.3) is 11.3 Å². The molecule has 5 heteroatoms. The molecule has 0 spiro atoms. The van der Waals surface area contributed by atoms with Gasteiger partial charge in [0, 0.05) is 24.7 Å². The Hall–Kier alpha value is -1.88. The molecule has 2 aromatic rings. The third-order valence-corrected chi connectivity index (χ3v) is 3.85. The van der Waals surface area contributed by atoms with Gasteiger partial charge in [0.05, 0.1) is 5.69 Å². The van der Waals surface area contributed by atoms with Gasteiger partial charge in [-0.25, -0.2) is 4.79 Å². The van der Waals surface area contributed by atoms with Crippen molar-refractivity contribution in [3.8, 4) is 11.3 Å². The normalized spacial score (nSPS) is 10.7. The van der Waals surface area contributed by atoms with Crippen LogP contribution in [0.5, 0.6) is 0 Å². The second-order valence-corrected chi connectivity index (χ2v) is 5.89. The second kappa shape index (κ2) is 6.05. The molecule has 20 heavy (non-hydrogen) atoms. The second-order valence-electron chi connectivity index (χ2n) is 5.08. The first-order valence-corrected chi connectivity index (χ1v) is 7.32. The molecule has 1 aromatic heterocycles. The number of rotatable bonds is 3. The molecule has 2 rings (SSSR count). The number of carbonyl (C=O) groups excluding carboxylic acids is 1. The van der Waals surface area contributed by atoms with E-state index in [4.69, 9.17) is 0 Å². The number of amides is 2. The summed E-state index contributed by atoms with van der Waals surface area (Å²) in [6, 6.07) is 10.1. The average Bonchev–Trinajstić information content (AvgIpc) is 2.86. The Morgan fingerprint density at radius 1 is 1.35 bits per heavy atom. The number of nitrogens with one attached hydrogen (secondary N) is 1. The molecule has 0 unspecified atom stereocenters. The number of aryl methyl sites for hydroxylation is 1. The van der Waals surface area contributed by atoms with Gasteiger partial charge in [0.25, 0.3) is 0 Å². The lowest BCUT2D eigenvalue weighted by Crippen LogP contribution is -2.36. The third-order valence-electron chi connectivity index (χ3n) is 3.15. The van der Waals surface area contributed by atoms with E-state index in [0.29, 0.717) is 0 Å². The number of benzene rings is 1. The Morgan fingerprint density at radius 2 is 2.10 bits per heavy atom. The van der Waals surface area contributed by atoms with Gasteiger partial charge < -0.3 is 4.90 Å². The molecule has 1 heterocycles. The molecular weight excluding hydrogens is 270 g/mol. The van der Waals surface area contributed by atoms with E-state index in [1.54, 1.807) is 11.9 Å². The van der Waals surface area contributed by atoms with Gasteiger partial charge in [-0.3, -0.25) is 5.32 Å². The molecule has 1 N–H and O–H groups in total. The first-order valence-electron chi connectivity index (χ1n) is 6.55. The van der Waals surface area contributed by atoms with E-state index in [9.17, 15) is 4.79 Å². The highest BCUT2D eigenvalue weighted by atomic mass is 32.1. The Kier molecular flexibility index (Phi) is 4.39. The highest BCUT2D eigenvalue weighted by molar-refractivity contribution is 7.10. The molecule has 0 saturated heterocycles. The Balaban J connectivity index is 2.12. The van der Waals surface area contributed by atoms with Crippen molar-refractivity contribution in [3.63, 3.8) is 0 Å². The van der Waals surface area contributed by atoms with Crippen molar-refractivity contribution in [3.05, 3.63) is 35.9 Å². The Bertz CT molecular complexity index is 607. The number of anilines is 1. The fourth-order valence-corrected chi connectivity index (χ4v) is 2.35. The molecule has 2 amide bonds. The van der Waals surface area contributed by atoms with E-state index in [1.165, 1.54) is 17.1 Å². The van der Waals surface area contributed by atoms with Crippen LogP contribution in [0.15, 0.2) is 30.3 Å². The van der Waals surface area contributed by atoms with Crippen LogP contribution in [0.2, 0.25) is 0 Å². The first-order chi connectivity index (χ1) is 9.47. The SMILES string of the molecule is Cc1cccc(-c2cc(NC(=O)N(C)C(C)C)sn2)c1. The zero-order chi connectivity index (χ0) is 14.7. The smallest absolute Gasteiger partial charge is 0.322 e. The van der Waals surface area contributed by atoms with Gasteiger partial charge >= 0.3 is 6.03 Å². The maximum atomic E-state index is 11.9. The van der Waals surface area contributed by atoms with Crippen LogP contribution >= 0.6 is 11.5 Å². The molecule has 0 aliphatic heterocycles. The molecule has 0 saturated carbocycles. The molecular formula is C15H19N3OS. The van der Waals surface area contributed by atoms with Gasteiger partial charge in [0.1, 0.15) is 5.00 Å². The van der Waals surface area contributed by atoms with Crippen LogP contribution in [-0.2, 0) is 0 Å². The minimum absolute atomic E-state index is 0.112. The zero-order valence-corrected chi connectivity index (χ0v) is 13.0. The van der Waals surface area contributed by atoms with Crippen molar-refractivity contribution in [1.82, 2.24) is 9.27 Å². The van der Waals surface area contributed by atoms with Crippen LogP contribution in [0.4, 0.5) is 9.80 Å². The van der Waals surface area contributed by atoms with Crippen molar-refractivity contribution in [2.45, 2.75) is 26.8 Å². The van der Waals surface area contributed by atoms with E-state index in [-0.39, 0.29) is 12.1 Å². The highest BCUT2D eigenvalue weighted by Gasteiger charge is 2.13. The number of carbonyl (C=O) groups is 1. The van der Waals surface area contributed by atoms with Gasteiger partial charge in [-0.1, -0.05) is 23.8 Å². The highest BCUT2D eigenvalue weighted by Crippen LogP contribution is 2.26. The summed E-state index contributed by atoms with van der Waals surface area (Å²) in [5, 5.41) is 3.63.